The Morgan fingerprint density at radius 3 is 1.40 bits per heavy atom. The minimum Gasteiger partial charge on any atom is -0.338 e. The smallest absolute Gasteiger partial charge is 0.323 e. The van der Waals surface area contributed by atoms with Gasteiger partial charge in [-0.1, -0.05) is 152 Å². The van der Waals surface area contributed by atoms with Crippen LogP contribution in [0.1, 0.15) is 200 Å². The molecule has 5 nitrogen and oxygen atoms in total. The van der Waals surface area contributed by atoms with Gasteiger partial charge in [0.25, 0.3) is 0 Å². The van der Waals surface area contributed by atoms with Crippen molar-refractivity contribution in [1.82, 2.24) is 15.1 Å². The molecule has 1 aliphatic rings. The summed E-state index contributed by atoms with van der Waals surface area (Å²) < 4.78 is 0. The molecule has 52 heavy (non-hydrogen) atoms. The lowest BCUT2D eigenvalue weighted by molar-refractivity contribution is -0.132. The monoisotopic (exact) mass is 724 g/mol. The van der Waals surface area contributed by atoms with E-state index in [0.29, 0.717) is 6.54 Å². The number of carbonyl (C=O) groups excluding carboxylic acids is 2. The number of unbranched alkanes of at least 4 members (excludes halogenated alkanes) is 18. The lowest BCUT2D eigenvalue weighted by atomic mass is 9.93. The molecule has 0 saturated carbocycles. The second kappa shape index (κ2) is 37.2. The summed E-state index contributed by atoms with van der Waals surface area (Å²) in [5.41, 5.74) is 0. The van der Waals surface area contributed by atoms with Crippen LogP contribution < -0.4 is 5.32 Å². The Kier molecular flexibility index (Phi) is 34.2. The number of amides is 3. The van der Waals surface area contributed by atoms with Crippen LogP contribution in [0, 0.1) is 5.92 Å². The molecule has 0 aromatic heterocycles. The van der Waals surface area contributed by atoms with E-state index < -0.39 is 0 Å². The largest absolute Gasteiger partial charge is 0.338 e. The molecule has 0 aliphatic carbocycles. The molecule has 1 rings (SSSR count). The third-order valence-electron chi connectivity index (χ3n) is 10.6. The van der Waals surface area contributed by atoms with Gasteiger partial charge in [0.15, 0.2) is 0 Å². The molecule has 1 fully saturated rings. The van der Waals surface area contributed by atoms with Crippen molar-refractivity contribution in [3.8, 4) is 0 Å². The third-order valence-corrected chi connectivity index (χ3v) is 10.6. The fourth-order valence-electron chi connectivity index (χ4n) is 7.15. The van der Waals surface area contributed by atoms with Crippen LogP contribution >= 0.6 is 0 Å². The first-order valence-electron chi connectivity index (χ1n) is 22.5. The van der Waals surface area contributed by atoms with Gasteiger partial charge in [-0.15, -0.1) is 0 Å². The van der Waals surface area contributed by atoms with Gasteiger partial charge in [-0.05, 0) is 116 Å². The number of allylic oxidation sites excluding steroid dienone is 8. The normalized spacial score (nSPS) is 14.0. The predicted octanol–water partition coefficient (Wildman–Crippen LogP) is 13.7. The van der Waals surface area contributed by atoms with Crippen LogP contribution in [0.3, 0.4) is 0 Å². The fraction of sp³-hybridized carbons (Fsp3) is 0.787. The van der Waals surface area contributed by atoms with Crippen molar-refractivity contribution in [3.63, 3.8) is 0 Å². The zero-order chi connectivity index (χ0) is 37.6. The molecule has 0 atom stereocenters. The van der Waals surface area contributed by atoms with E-state index >= 15 is 0 Å². The number of urea groups is 1. The van der Waals surface area contributed by atoms with Crippen LogP contribution in [0.5, 0.6) is 0 Å². The second-order valence-corrected chi connectivity index (χ2v) is 15.5. The highest BCUT2D eigenvalue weighted by Gasteiger charge is 2.25. The molecule has 0 aromatic carbocycles. The Morgan fingerprint density at radius 2 is 0.962 bits per heavy atom. The highest BCUT2D eigenvalue weighted by Crippen LogP contribution is 2.22. The van der Waals surface area contributed by atoms with E-state index in [9.17, 15) is 9.59 Å². The maximum atomic E-state index is 13.5. The quantitative estimate of drug-likeness (QED) is 0.0523. The first-order chi connectivity index (χ1) is 25.6. The van der Waals surface area contributed by atoms with Gasteiger partial charge in [-0.2, -0.15) is 0 Å². The summed E-state index contributed by atoms with van der Waals surface area (Å²) in [4.78, 5) is 30.3. The summed E-state index contributed by atoms with van der Waals surface area (Å²) in [7, 11) is 1.68. The van der Waals surface area contributed by atoms with E-state index in [1.165, 1.54) is 159 Å². The van der Waals surface area contributed by atoms with Gasteiger partial charge in [-0.3, -0.25) is 9.69 Å². The van der Waals surface area contributed by atoms with E-state index in [4.69, 9.17) is 0 Å². The van der Waals surface area contributed by atoms with Gasteiger partial charge in [0.2, 0.25) is 5.91 Å². The van der Waals surface area contributed by atoms with E-state index in [1.807, 2.05) is 0 Å². The first kappa shape index (κ1) is 47.9. The molecule has 300 valence electrons. The lowest BCUT2D eigenvalue weighted by Crippen LogP contribution is -2.44. The molecule has 1 saturated heterocycles. The molecule has 0 spiro atoms. The Morgan fingerprint density at radius 1 is 0.558 bits per heavy atom. The maximum Gasteiger partial charge on any atom is 0.323 e. The van der Waals surface area contributed by atoms with E-state index in [0.717, 1.165) is 51.5 Å². The molecular formula is C47H85N3O2. The second-order valence-electron chi connectivity index (χ2n) is 15.5. The van der Waals surface area contributed by atoms with E-state index in [-0.39, 0.29) is 17.9 Å². The number of likely N-dealkylation sites (tertiary alicyclic amines) is 1. The van der Waals surface area contributed by atoms with E-state index in [1.54, 1.807) is 7.05 Å². The summed E-state index contributed by atoms with van der Waals surface area (Å²) in [6, 6.07) is -0.231. The van der Waals surface area contributed by atoms with Crippen LogP contribution in [0.25, 0.3) is 0 Å². The van der Waals surface area contributed by atoms with Gasteiger partial charge < -0.3 is 10.2 Å². The predicted molar refractivity (Wildman–Crippen MR) is 228 cm³/mol. The molecule has 0 radical (unpaired) electrons. The van der Waals surface area contributed by atoms with Crippen LogP contribution in [0.2, 0.25) is 0 Å². The summed E-state index contributed by atoms with van der Waals surface area (Å²) in [5.74, 6) is -0.0285. The van der Waals surface area contributed by atoms with Crippen molar-refractivity contribution in [2.45, 2.75) is 200 Å². The average molecular weight is 724 g/mol. The minimum absolute atomic E-state index is 0.0159. The number of rotatable bonds is 35. The number of hydrogen-bond acceptors (Lipinski definition) is 3. The summed E-state index contributed by atoms with van der Waals surface area (Å²) in [6.45, 7) is 8.53. The maximum absolute atomic E-state index is 13.5. The zero-order valence-electron chi connectivity index (χ0n) is 34.7. The van der Waals surface area contributed by atoms with Crippen LogP contribution in [0.4, 0.5) is 4.79 Å². The summed E-state index contributed by atoms with van der Waals surface area (Å²) >= 11 is 0. The van der Waals surface area contributed by atoms with Crippen LogP contribution in [0.15, 0.2) is 48.6 Å². The molecule has 5 heteroatoms. The highest BCUT2D eigenvalue weighted by atomic mass is 16.2. The van der Waals surface area contributed by atoms with Gasteiger partial charge >= 0.3 is 6.03 Å². The Hall–Kier alpha value is -2.14. The summed E-state index contributed by atoms with van der Waals surface area (Å²) in [5, 5.41) is 3.01. The molecule has 1 heterocycles. The lowest BCUT2D eigenvalue weighted by Gasteiger charge is -2.23. The average Bonchev–Trinajstić information content (AvgIpc) is 3.68. The number of imide groups is 1. The van der Waals surface area contributed by atoms with Crippen molar-refractivity contribution in [3.05, 3.63) is 48.6 Å². The summed E-state index contributed by atoms with van der Waals surface area (Å²) in [6.07, 6.45) is 53.4. The van der Waals surface area contributed by atoms with Gasteiger partial charge in [-0.25, -0.2) is 4.79 Å². The Balaban J connectivity index is 2.30. The van der Waals surface area contributed by atoms with Crippen molar-refractivity contribution in [2.24, 2.45) is 5.92 Å². The van der Waals surface area contributed by atoms with Crippen molar-refractivity contribution < 1.29 is 9.59 Å². The standard InChI is InChI=1S/C47H85N3O2/c1-4-6-8-10-12-14-16-18-20-22-24-26-28-30-32-34-39-45(46(51)49(3)47(52)48-41-38-44-50-42-36-37-43-50)40-35-33-31-29-27-25-23-21-19-17-15-13-11-9-7-5-2/h12-15,18-21,45H,4-11,16-17,22-44H2,1-3H3,(H,48,52)/b14-12-,15-13-,20-18-,21-19-. The molecule has 1 aliphatic heterocycles. The minimum atomic E-state index is -0.231. The first-order valence-corrected chi connectivity index (χ1v) is 22.5. The SMILES string of the molecule is CCCCC/C=C\C/C=C\CCCCCCCCC(CCCCCCCC/C=C\C/C=C\CCCCC)C(=O)N(C)C(=O)NCCCN1CCCC1. The van der Waals surface area contributed by atoms with Crippen molar-refractivity contribution in [2.75, 3.05) is 33.2 Å². The van der Waals surface area contributed by atoms with E-state index in [2.05, 4.69) is 72.7 Å². The molecule has 1 N–H and O–H groups in total. The Bertz CT molecular complexity index is 885. The number of carbonyl (C=O) groups is 2. The number of nitrogens with zero attached hydrogens (tertiary/aromatic N) is 2. The van der Waals surface area contributed by atoms with Gasteiger partial charge in [0.05, 0.1) is 0 Å². The molecule has 0 aromatic rings. The molecular weight excluding hydrogens is 639 g/mol. The highest BCUT2D eigenvalue weighted by molar-refractivity contribution is 5.95. The van der Waals surface area contributed by atoms with Crippen molar-refractivity contribution in [1.29, 1.82) is 0 Å². The molecule has 0 bridgehead atoms. The van der Waals surface area contributed by atoms with Crippen LogP contribution in [-0.4, -0.2) is 55.0 Å². The Labute approximate surface area is 323 Å². The van der Waals surface area contributed by atoms with Crippen LogP contribution in [-0.2, 0) is 4.79 Å². The van der Waals surface area contributed by atoms with Crippen molar-refractivity contribution >= 4 is 11.9 Å². The van der Waals surface area contributed by atoms with Gasteiger partial charge in [0.1, 0.15) is 0 Å². The zero-order valence-corrected chi connectivity index (χ0v) is 34.7. The fourth-order valence-corrected chi connectivity index (χ4v) is 7.15. The number of hydrogen-bond donors (Lipinski definition) is 1. The third kappa shape index (κ3) is 29.3. The van der Waals surface area contributed by atoms with Gasteiger partial charge in [0, 0.05) is 19.5 Å². The molecule has 0 unspecified atom stereocenters. The topological polar surface area (TPSA) is 52.7 Å². The molecule has 3 amide bonds. The number of nitrogens with one attached hydrogen (secondary N) is 1.